The van der Waals surface area contributed by atoms with Crippen molar-refractivity contribution in [2.75, 3.05) is 26.3 Å². The molecule has 0 N–H and O–H groups in total. The number of amides is 1. The predicted molar refractivity (Wildman–Crippen MR) is 64.4 cm³/mol. The number of morpholine rings is 1. The molecule has 0 atom stereocenters. The molecule has 1 aliphatic heterocycles. The minimum Gasteiger partial charge on any atom is -0.378 e. The van der Waals surface area contributed by atoms with Crippen molar-refractivity contribution in [2.45, 2.75) is 6.92 Å². The highest BCUT2D eigenvalue weighted by molar-refractivity contribution is 5.94. The van der Waals surface area contributed by atoms with E-state index in [2.05, 4.69) is 9.97 Å². The second-order valence-electron chi connectivity index (χ2n) is 4.25. The zero-order valence-corrected chi connectivity index (χ0v) is 10.2. The van der Waals surface area contributed by atoms with Gasteiger partial charge in [0.2, 0.25) is 0 Å². The Morgan fingerprint density at radius 1 is 1.39 bits per heavy atom. The highest BCUT2D eigenvalue weighted by Gasteiger charge is 2.23. The number of fused-ring (bicyclic) bond motifs is 1. The Morgan fingerprint density at radius 2 is 2.17 bits per heavy atom. The lowest BCUT2D eigenvalue weighted by atomic mass is 10.3. The molecule has 94 valence electrons. The van der Waals surface area contributed by atoms with E-state index < -0.39 is 0 Å². The van der Waals surface area contributed by atoms with Gasteiger partial charge in [0.05, 0.1) is 25.1 Å². The van der Waals surface area contributed by atoms with Gasteiger partial charge in [-0.3, -0.25) is 14.2 Å². The second kappa shape index (κ2) is 4.38. The first-order chi connectivity index (χ1) is 8.77. The van der Waals surface area contributed by atoms with Gasteiger partial charge in [-0.25, -0.2) is 4.98 Å². The lowest BCUT2D eigenvalue weighted by Gasteiger charge is -2.26. The van der Waals surface area contributed by atoms with Gasteiger partial charge >= 0.3 is 0 Å². The summed E-state index contributed by atoms with van der Waals surface area (Å²) in [5.74, 6) is 0.00880. The SMILES string of the molecule is Cc1nc2cnccn2c1C(=O)N1CCOCC1. The van der Waals surface area contributed by atoms with Gasteiger partial charge in [0.15, 0.2) is 5.65 Å². The van der Waals surface area contributed by atoms with Crippen LogP contribution in [0, 0.1) is 6.92 Å². The summed E-state index contributed by atoms with van der Waals surface area (Å²) in [6.45, 7) is 4.32. The van der Waals surface area contributed by atoms with E-state index in [1.54, 1.807) is 27.9 Å². The minimum absolute atomic E-state index is 0.00880. The molecule has 0 radical (unpaired) electrons. The molecule has 2 aromatic rings. The standard InChI is InChI=1S/C12H14N4O2/c1-9-11(12(17)15-4-6-18-7-5-15)16-3-2-13-8-10(16)14-9/h2-3,8H,4-7H2,1H3. The number of aryl methyl sites for hydroxylation is 1. The molecule has 18 heavy (non-hydrogen) atoms. The van der Waals surface area contributed by atoms with Gasteiger partial charge in [-0.2, -0.15) is 0 Å². The highest BCUT2D eigenvalue weighted by Crippen LogP contribution is 2.14. The van der Waals surface area contributed by atoms with Crippen molar-refractivity contribution in [1.29, 1.82) is 0 Å². The molecule has 1 fully saturated rings. The summed E-state index contributed by atoms with van der Waals surface area (Å²) >= 11 is 0. The van der Waals surface area contributed by atoms with Gasteiger partial charge in [-0.1, -0.05) is 0 Å². The Labute approximate surface area is 104 Å². The number of hydrogen-bond acceptors (Lipinski definition) is 4. The van der Waals surface area contributed by atoms with Gasteiger partial charge in [-0.05, 0) is 6.92 Å². The summed E-state index contributed by atoms with van der Waals surface area (Å²) in [5.41, 5.74) is 2.06. The molecule has 2 aromatic heterocycles. The van der Waals surface area contributed by atoms with Crippen molar-refractivity contribution >= 4 is 11.6 Å². The fourth-order valence-electron chi connectivity index (χ4n) is 2.20. The fraction of sp³-hybridized carbons (Fsp3) is 0.417. The minimum atomic E-state index is 0.00880. The molecule has 0 bridgehead atoms. The molecule has 0 aromatic carbocycles. The van der Waals surface area contributed by atoms with Crippen molar-refractivity contribution in [2.24, 2.45) is 0 Å². The van der Waals surface area contributed by atoms with Gasteiger partial charge in [0.1, 0.15) is 5.69 Å². The Bertz CT molecular complexity index is 587. The number of imidazole rings is 1. The smallest absolute Gasteiger partial charge is 0.272 e. The monoisotopic (exact) mass is 246 g/mol. The molecular weight excluding hydrogens is 232 g/mol. The van der Waals surface area contributed by atoms with Crippen molar-refractivity contribution in [3.8, 4) is 0 Å². The second-order valence-corrected chi connectivity index (χ2v) is 4.25. The number of carbonyl (C=O) groups excluding carboxylic acids is 1. The first kappa shape index (κ1) is 11.2. The Kier molecular flexibility index (Phi) is 2.71. The molecule has 0 saturated carbocycles. The van der Waals surface area contributed by atoms with E-state index in [0.29, 0.717) is 37.6 Å². The summed E-state index contributed by atoms with van der Waals surface area (Å²) in [6, 6.07) is 0. The molecule has 6 heteroatoms. The predicted octanol–water partition coefficient (Wildman–Crippen LogP) is 0.510. The zero-order chi connectivity index (χ0) is 12.5. The van der Waals surface area contributed by atoms with E-state index in [1.165, 1.54) is 0 Å². The van der Waals surface area contributed by atoms with Crippen LogP contribution in [0.5, 0.6) is 0 Å². The number of carbonyl (C=O) groups is 1. The third-order valence-corrected chi connectivity index (χ3v) is 3.11. The zero-order valence-electron chi connectivity index (χ0n) is 10.2. The molecule has 6 nitrogen and oxygen atoms in total. The fourth-order valence-corrected chi connectivity index (χ4v) is 2.20. The van der Waals surface area contributed by atoms with E-state index >= 15 is 0 Å². The van der Waals surface area contributed by atoms with Crippen molar-refractivity contribution in [1.82, 2.24) is 19.3 Å². The maximum Gasteiger partial charge on any atom is 0.272 e. The summed E-state index contributed by atoms with van der Waals surface area (Å²) in [4.78, 5) is 22.7. The Hall–Kier alpha value is -1.95. The quantitative estimate of drug-likeness (QED) is 0.735. The van der Waals surface area contributed by atoms with Crippen LogP contribution >= 0.6 is 0 Å². The number of rotatable bonds is 1. The number of aromatic nitrogens is 3. The van der Waals surface area contributed by atoms with Gasteiger partial charge < -0.3 is 9.64 Å². The van der Waals surface area contributed by atoms with Gasteiger partial charge in [0.25, 0.3) is 5.91 Å². The molecule has 1 amide bonds. The molecule has 3 rings (SSSR count). The molecular formula is C12H14N4O2. The summed E-state index contributed by atoms with van der Waals surface area (Å²) < 4.78 is 7.05. The maximum absolute atomic E-state index is 12.5. The molecule has 0 aliphatic carbocycles. The van der Waals surface area contributed by atoms with Crippen LogP contribution in [0.4, 0.5) is 0 Å². The molecule has 0 spiro atoms. The lowest BCUT2D eigenvalue weighted by Crippen LogP contribution is -2.41. The van der Waals surface area contributed by atoms with Gasteiger partial charge in [-0.15, -0.1) is 0 Å². The summed E-state index contributed by atoms with van der Waals surface area (Å²) in [5, 5.41) is 0. The molecule has 3 heterocycles. The molecule has 1 saturated heterocycles. The first-order valence-electron chi connectivity index (χ1n) is 5.93. The average molecular weight is 246 g/mol. The number of ether oxygens (including phenoxy) is 1. The molecule has 1 aliphatic rings. The Morgan fingerprint density at radius 3 is 2.94 bits per heavy atom. The average Bonchev–Trinajstić information content (AvgIpc) is 2.75. The first-order valence-corrected chi connectivity index (χ1v) is 5.93. The van der Waals surface area contributed by atoms with E-state index in [9.17, 15) is 4.79 Å². The van der Waals surface area contributed by atoms with E-state index in [1.807, 2.05) is 6.92 Å². The van der Waals surface area contributed by atoms with Crippen molar-refractivity contribution < 1.29 is 9.53 Å². The maximum atomic E-state index is 12.5. The van der Waals surface area contributed by atoms with Crippen molar-refractivity contribution in [3.63, 3.8) is 0 Å². The third kappa shape index (κ3) is 1.74. The van der Waals surface area contributed by atoms with Crippen LogP contribution in [-0.4, -0.2) is 51.5 Å². The van der Waals surface area contributed by atoms with Crippen LogP contribution in [0.2, 0.25) is 0 Å². The van der Waals surface area contributed by atoms with E-state index in [0.717, 1.165) is 5.69 Å². The van der Waals surface area contributed by atoms with Crippen LogP contribution in [-0.2, 0) is 4.74 Å². The van der Waals surface area contributed by atoms with Crippen LogP contribution < -0.4 is 0 Å². The van der Waals surface area contributed by atoms with Crippen LogP contribution in [0.3, 0.4) is 0 Å². The molecule has 0 unspecified atom stereocenters. The topological polar surface area (TPSA) is 59.7 Å². The largest absolute Gasteiger partial charge is 0.378 e. The van der Waals surface area contributed by atoms with E-state index in [-0.39, 0.29) is 5.91 Å². The van der Waals surface area contributed by atoms with Crippen LogP contribution in [0.15, 0.2) is 18.6 Å². The van der Waals surface area contributed by atoms with Gasteiger partial charge in [0, 0.05) is 25.5 Å². The lowest BCUT2D eigenvalue weighted by molar-refractivity contribution is 0.0297. The highest BCUT2D eigenvalue weighted by atomic mass is 16.5. The van der Waals surface area contributed by atoms with Crippen molar-refractivity contribution in [3.05, 3.63) is 30.0 Å². The number of hydrogen-bond donors (Lipinski definition) is 0. The third-order valence-electron chi connectivity index (χ3n) is 3.11. The van der Waals surface area contributed by atoms with E-state index in [4.69, 9.17) is 4.74 Å². The Balaban J connectivity index is 2.02. The number of nitrogens with zero attached hydrogens (tertiary/aromatic N) is 4. The summed E-state index contributed by atoms with van der Waals surface area (Å²) in [7, 11) is 0. The summed E-state index contributed by atoms with van der Waals surface area (Å²) in [6.07, 6.45) is 5.08. The normalized spacial score (nSPS) is 16.2. The van der Waals surface area contributed by atoms with Crippen LogP contribution in [0.25, 0.3) is 5.65 Å². The van der Waals surface area contributed by atoms with Crippen LogP contribution in [0.1, 0.15) is 16.2 Å².